The number of esters is 1. The molecule has 0 unspecified atom stereocenters. The fraction of sp³-hybridized carbons (Fsp3) is 0.478. The lowest BCUT2D eigenvalue weighted by molar-refractivity contribution is -0.0440. The van der Waals surface area contributed by atoms with Gasteiger partial charge in [0.2, 0.25) is 10.0 Å². The fourth-order valence-corrected chi connectivity index (χ4v) is 7.20. The summed E-state index contributed by atoms with van der Waals surface area (Å²) in [7, 11) is -3.69. The molecule has 10 heteroatoms. The number of amides is 1. The van der Waals surface area contributed by atoms with Crippen molar-refractivity contribution in [3.63, 3.8) is 0 Å². The fourth-order valence-electron chi connectivity index (χ4n) is 4.34. The van der Waals surface area contributed by atoms with Gasteiger partial charge in [0.05, 0.1) is 29.3 Å². The second kappa shape index (κ2) is 9.54. The summed E-state index contributed by atoms with van der Waals surface area (Å²) in [5.41, 5.74) is 1.71. The second-order valence-electron chi connectivity index (χ2n) is 8.34. The summed E-state index contributed by atoms with van der Waals surface area (Å²) < 4.78 is 38.3. The maximum absolute atomic E-state index is 13.0. The van der Waals surface area contributed by atoms with Gasteiger partial charge in [-0.1, -0.05) is 0 Å². The minimum absolute atomic E-state index is 0.127. The number of sulfonamides is 1. The van der Waals surface area contributed by atoms with Crippen LogP contribution in [0.4, 0.5) is 5.00 Å². The SMILES string of the molecule is CCOC(=O)c1c(NC(=O)c2ccc(S(=O)(=O)N3C[C@H](C)O[C@@H](C)C3)cc2)sc2c1CCC2. The maximum Gasteiger partial charge on any atom is 0.341 e. The third-order valence-electron chi connectivity index (χ3n) is 5.77. The molecule has 2 aromatic rings. The summed E-state index contributed by atoms with van der Waals surface area (Å²) in [4.78, 5) is 26.6. The van der Waals surface area contributed by atoms with E-state index in [2.05, 4.69) is 5.32 Å². The molecule has 0 radical (unpaired) electrons. The highest BCUT2D eigenvalue weighted by Gasteiger charge is 2.32. The molecule has 1 N–H and O–H groups in total. The highest BCUT2D eigenvalue weighted by molar-refractivity contribution is 7.89. The molecule has 1 aliphatic carbocycles. The quantitative estimate of drug-likeness (QED) is 0.620. The number of morpholine rings is 1. The molecule has 1 aromatic carbocycles. The number of hydrogen-bond donors (Lipinski definition) is 1. The molecule has 1 fully saturated rings. The van der Waals surface area contributed by atoms with E-state index in [1.165, 1.54) is 39.9 Å². The number of thiophene rings is 1. The van der Waals surface area contributed by atoms with Gasteiger partial charge in [0.25, 0.3) is 5.91 Å². The van der Waals surface area contributed by atoms with E-state index < -0.39 is 21.9 Å². The Balaban J connectivity index is 1.52. The zero-order chi connectivity index (χ0) is 23.8. The molecular formula is C23H28N2O6S2. The zero-order valence-corrected chi connectivity index (χ0v) is 20.6. The van der Waals surface area contributed by atoms with Gasteiger partial charge in [-0.15, -0.1) is 11.3 Å². The molecule has 1 aliphatic heterocycles. The lowest BCUT2D eigenvalue weighted by atomic mass is 10.1. The smallest absolute Gasteiger partial charge is 0.341 e. The highest BCUT2D eigenvalue weighted by atomic mass is 32.2. The van der Waals surface area contributed by atoms with Crippen LogP contribution in [0.25, 0.3) is 0 Å². The third kappa shape index (κ3) is 4.84. The average molecular weight is 493 g/mol. The van der Waals surface area contributed by atoms with Gasteiger partial charge in [0.1, 0.15) is 5.00 Å². The van der Waals surface area contributed by atoms with E-state index in [9.17, 15) is 18.0 Å². The first-order valence-electron chi connectivity index (χ1n) is 11.1. The Morgan fingerprint density at radius 3 is 2.45 bits per heavy atom. The van der Waals surface area contributed by atoms with Crippen molar-refractivity contribution < 1.29 is 27.5 Å². The van der Waals surface area contributed by atoms with Crippen LogP contribution in [0.2, 0.25) is 0 Å². The van der Waals surface area contributed by atoms with Gasteiger partial charge < -0.3 is 14.8 Å². The Kier molecular flexibility index (Phi) is 6.90. The first-order valence-corrected chi connectivity index (χ1v) is 13.3. The Morgan fingerprint density at radius 2 is 1.82 bits per heavy atom. The second-order valence-corrected chi connectivity index (χ2v) is 11.4. The molecule has 4 rings (SSSR count). The molecule has 0 bridgehead atoms. The first-order chi connectivity index (χ1) is 15.7. The van der Waals surface area contributed by atoms with Crippen LogP contribution in [0.1, 0.15) is 58.3 Å². The predicted octanol–water partition coefficient (Wildman–Crippen LogP) is 3.46. The maximum atomic E-state index is 13.0. The van der Waals surface area contributed by atoms with Crippen LogP contribution >= 0.6 is 11.3 Å². The van der Waals surface area contributed by atoms with Crippen LogP contribution in [-0.2, 0) is 32.3 Å². The summed E-state index contributed by atoms with van der Waals surface area (Å²) in [5, 5.41) is 3.31. The van der Waals surface area contributed by atoms with Crippen LogP contribution in [0.5, 0.6) is 0 Å². The lowest BCUT2D eigenvalue weighted by Crippen LogP contribution is -2.48. The van der Waals surface area contributed by atoms with Crippen molar-refractivity contribution in [2.75, 3.05) is 25.0 Å². The third-order valence-corrected chi connectivity index (χ3v) is 8.82. The van der Waals surface area contributed by atoms with Crippen molar-refractivity contribution in [1.29, 1.82) is 0 Å². The average Bonchev–Trinajstić information content (AvgIpc) is 3.34. The van der Waals surface area contributed by atoms with Gasteiger partial charge >= 0.3 is 5.97 Å². The predicted molar refractivity (Wildman–Crippen MR) is 125 cm³/mol. The summed E-state index contributed by atoms with van der Waals surface area (Å²) in [6.45, 7) is 6.26. The number of rotatable bonds is 6. The van der Waals surface area contributed by atoms with Crippen molar-refractivity contribution in [1.82, 2.24) is 4.31 Å². The van der Waals surface area contributed by atoms with Gasteiger partial charge in [-0.05, 0) is 69.9 Å². The van der Waals surface area contributed by atoms with Crippen LogP contribution < -0.4 is 5.32 Å². The van der Waals surface area contributed by atoms with E-state index in [-0.39, 0.29) is 36.8 Å². The monoisotopic (exact) mass is 492 g/mol. The highest BCUT2D eigenvalue weighted by Crippen LogP contribution is 2.39. The summed E-state index contributed by atoms with van der Waals surface area (Å²) >= 11 is 1.41. The summed E-state index contributed by atoms with van der Waals surface area (Å²) in [5.74, 6) is -0.833. The van der Waals surface area contributed by atoms with Gasteiger partial charge in [0, 0.05) is 23.5 Å². The van der Waals surface area contributed by atoms with Gasteiger partial charge in [-0.3, -0.25) is 4.79 Å². The van der Waals surface area contributed by atoms with Crippen molar-refractivity contribution >= 4 is 38.2 Å². The Morgan fingerprint density at radius 1 is 1.15 bits per heavy atom. The topological polar surface area (TPSA) is 102 Å². The number of nitrogens with zero attached hydrogens (tertiary/aromatic N) is 1. The molecule has 1 saturated heterocycles. The minimum atomic E-state index is -3.69. The van der Waals surface area contributed by atoms with Crippen LogP contribution in [0.15, 0.2) is 29.2 Å². The van der Waals surface area contributed by atoms with E-state index in [4.69, 9.17) is 9.47 Å². The van der Waals surface area contributed by atoms with E-state index >= 15 is 0 Å². The molecule has 1 amide bonds. The van der Waals surface area contributed by atoms with Crippen molar-refractivity contribution in [3.05, 3.63) is 45.8 Å². The number of anilines is 1. The number of aryl methyl sites for hydroxylation is 1. The number of carbonyl (C=O) groups excluding carboxylic acids is 2. The molecule has 2 aliphatic rings. The van der Waals surface area contributed by atoms with E-state index in [0.717, 1.165) is 29.7 Å². The van der Waals surface area contributed by atoms with Crippen LogP contribution in [0.3, 0.4) is 0 Å². The zero-order valence-electron chi connectivity index (χ0n) is 18.9. The van der Waals surface area contributed by atoms with E-state index in [1.54, 1.807) is 6.92 Å². The molecule has 0 spiro atoms. The Labute approximate surface area is 197 Å². The van der Waals surface area contributed by atoms with E-state index in [1.807, 2.05) is 13.8 Å². The van der Waals surface area contributed by atoms with Crippen molar-refractivity contribution in [2.24, 2.45) is 0 Å². The Hall–Kier alpha value is -2.27. The number of nitrogens with one attached hydrogen (secondary N) is 1. The Bertz CT molecular complexity index is 1150. The van der Waals surface area contributed by atoms with Gasteiger partial charge in [-0.2, -0.15) is 4.31 Å². The molecule has 33 heavy (non-hydrogen) atoms. The van der Waals surface area contributed by atoms with Gasteiger partial charge in [0.15, 0.2) is 0 Å². The molecular weight excluding hydrogens is 464 g/mol. The molecule has 2 heterocycles. The lowest BCUT2D eigenvalue weighted by Gasteiger charge is -2.34. The molecule has 1 aromatic heterocycles. The standard InChI is InChI=1S/C23H28N2O6S2/c1-4-30-23(27)20-18-6-5-7-19(18)32-22(20)24-21(26)16-8-10-17(11-9-16)33(28,29)25-12-14(2)31-15(3)13-25/h8-11,14-15H,4-7,12-13H2,1-3H3,(H,24,26)/t14-,15-/m0/s1. The minimum Gasteiger partial charge on any atom is -0.462 e. The largest absolute Gasteiger partial charge is 0.462 e. The van der Waals surface area contributed by atoms with E-state index in [0.29, 0.717) is 16.1 Å². The van der Waals surface area contributed by atoms with Crippen LogP contribution in [0, 0.1) is 0 Å². The first kappa shape index (κ1) is 23.9. The molecule has 178 valence electrons. The van der Waals surface area contributed by atoms with Crippen LogP contribution in [-0.4, -0.2) is 56.5 Å². The molecule has 8 nitrogen and oxygen atoms in total. The summed E-state index contributed by atoms with van der Waals surface area (Å²) in [6.07, 6.45) is 2.29. The number of benzene rings is 1. The van der Waals surface area contributed by atoms with Gasteiger partial charge in [-0.25, -0.2) is 13.2 Å². The van der Waals surface area contributed by atoms with Crippen molar-refractivity contribution in [2.45, 2.75) is 57.1 Å². The summed E-state index contributed by atoms with van der Waals surface area (Å²) in [6, 6.07) is 5.85. The molecule has 0 saturated carbocycles. The number of hydrogen-bond acceptors (Lipinski definition) is 7. The van der Waals surface area contributed by atoms with Crippen molar-refractivity contribution in [3.8, 4) is 0 Å². The molecule has 2 atom stereocenters. The number of ether oxygens (including phenoxy) is 2. The number of carbonyl (C=O) groups is 2. The number of fused-ring (bicyclic) bond motifs is 1. The normalized spacial score (nSPS) is 20.9.